The SMILES string of the molecule is COc1cc2c(Oc3ccc(N[S+]([O-])c4ccc(F)cc4F)cc3F)ccnc2cc1OCCCN1CCN(C)CC1. The van der Waals surface area contributed by atoms with Crippen molar-refractivity contribution in [2.24, 2.45) is 0 Å². The highest BCUT2D eigenvalue weighted by Crippen LogP contribution is 2.38. The zero-order valence-electron chi connectivity index (χ0n) is 23.2. The van der Waals surface area contributed by atoms with Crippen molar-refractivity contribution in [2.75, 3.05) is 58.2 Å². The summed E-state index contributed by atoms with van der Waals surface area (Å²) in [6.07, 6.45) is 2.42. The molecule has 1 aliphatic rings. The standard InChI is InChI=1S/C30H31F3N4O4S/c1-36-11-13-37(14-12-36)10-3-15-40-29-19-25-22(18-28(29)39-2)26(8-9-34-25)41-27-6-5-21(17-23(27)32)35-42(38)30-7-4-20(31)16-24(30)33/h4-9,16-19,35H,3,10-15H2,1-2H3. The number of nitrogens with zero attached hydrogens (tertiary/aromatic N) is 3. The van der Waals surface area contributed by atoms with Crippen LogP contribution in [0, 0.1) is 17.5 Å². The molecule has 0 radical (unpaired) electrons. The van der Waals surface area contributed by atoms with Crippen LogP contribution in [0.1, 0.15) is 6.42 Å². The van der Waals surface area contributed by atoms with Crippen molar-refractivity contribution in [3.8, 4) is 23.0 Å². The van der Waals surface area contributed by atoms with Gasteiger partial charge in [0, 0.05) is 68.6 Å². The minimum atomic E-state index is -2.08. The predicted molar refractivity (Wildman–Crippen MR) is 155 cm³/mol. The summed E-state index contributed by atoms with van der Waals surface area (Å²) in [6.45, 7) is 5.73. The van der Waals surface area contributed by atoms with Crippen LogP contribution < -0.4 is 18.9 Å². The molecule has 222 valence electrons. The van der Waals surface area contributed by atoms with Crippen LogP contribution in [0.2, 0.25) is 0 Å². The van der Waals surface area contributed by atoms with Crippen molar-refractivity contribution in [3.63, 3.8) is 0 Å². The van der Waals surface area contributed by atoms with Gasteiger partial charge in [-0.3, -0.25) is 4.98 Å². The summed E-state index contributed by atoms with van der Waals surface area (Å²) in [6, 6.07) is 11.7. The average Bonchev–Trinajstić information content (AvgIpc) is 2.97. The van der Waals surface area contributed by atoms with Gasteiger partial charge in [0.1, 0.15) is 22.9 Å². The van der Waals surface area contributed by atoms with Crippen molar-refractivity contribution in [3.05, 3.63) is 78.2 Å². The number of hydrogen-bond acceptors (Lipinski definition) is 8. The molecule has 12 heteroatoms. The Balaban J connectivity index is 1.26. The number of hydrogen-bond donors (Lipinski definition) is 1. The summed E-state index contributed by atoms with van der Waals surface area (Å²) in [4.78, 5) is 8.91. The molecule has 4 aromatic rings. The van der Waals surface area contributed by atoms with Crippen molar-refractivity contribution in [1.29, 1.82) is 0 Å². The van der Waals surface area contributed by atoms with Crippen LogP contribution in [-0.4, -0.2) is 72.8 Å². The highest BCUT2D eigenvalue weighted by atomic mass is 32.2. The lowest BCUT2D eigenvalue weighted by Crippen LogP contribution is -2.44. The summed E-state index contributed by atoms with van der Waals surface area (Å²) in [5.74, 6) is -1.20. The van der Waals surface area contributed by atoms with Gasteiger partial charge in [0.25, 0.3) is 0 Å². The molecule has 5 rings (SSSR count). The maximum Gasteiger partial charge on any atom is 0.215 e. The number of rotatable bonds is 11. The Hall–Kier alpha value is -3.71. The van der Waals surface area contributed by atoms with Gasteiger partial charge in [-0.15, -0.1) is 0 Å². The molecular formula is C30H31F3N4O4S. The van der Waals surface area contributed by atoms with E-state index in [4.69, 9.17) is 14.2 Å². The first-order valence-corrected chi connectivity index (χ1v) is 14.6. The third-order valence-corrected chi connectivity index (χ3v) is 8.07. The Morgan fingerprint density at radius 2 is 1.71 bits per heavy atom. The molecule has 1 N–H and O–H groups in total. The second-order valence-corrected chi connectivity index (χ2v) is 11.1. The number of methoxy groups -OCH3 is 1. The zero-order chi connectivity index (χ0) is 29.6. The summed E-state index contributed by atoms with van der Waals surface area (Å²) in [5.41, 5.74) is 0.704. The Labute approximate surface area is 245 Å². The van der Waals surface area contributed by atoms with Crippen LogP contribution in [0.15, 0.2) is 65.7 Å². The van der Waals surface area contributed by atoms with Gasteiger partial charge in [0.15, 0.2) is 28.9 Å². The fraction of sp³-hybridized carbons (Fsp3) is 0.300. The van der Waals surface area contributed by atoms with Gasteiger partial charge in [-0.05, 0) is 43.8 Å². The first-order chi connectivity index (χ1) is 20.3. The molecule has 0 spiro atoms. The first kappa shape index (κ1) is 29.8. The number of anilines is 1. The van der Waals surface area contributed by atoms with E-state index in [9.17, 15) is 13.3 Å². The quantitative estimate of drug-likeness (QED) is 0.176. The van der Waals surface area contributed by atoms with Crippen LogP contribution >= 0.6 is 0 Å². The number of pyridine rings is 1. The highest BCUT2D eigenvalue weighted by Gasteiger charge is 2.20. The van der Waals surface area contributed by atoms with E-state index in [-0.39, 0.29) is 16.3 Å². The summed E-state index contributed by atoms with van der Waals surface area (Å²) >= 11 is -2.08. The lowest BCUT2D eigenvalue weighted by atomic mass is 10.1. The fourth-order valence-corrected chi connectivity index (χ4v) is 5.46. The van der Waals surface area contributed by atoms with Crippen molar-refractivity contribution in [1.82, 2.24) is 14.8 Å². The van der Waals surface area contributed by atoms with E-state index in [1.807, 2.05) is 0 Å². The molecule has 8 nitrogen and oxygen atoms in total. The molecule has 1 saturated heterocycles. The van der Waals surface area contributed by atoms with E-state index in [1.165, 1.54) is 12.1 Å². The lowest BCUT2D eigenvalue weighted by molar-refractivity contribution is 0.145. The molecule has 1 aliphatic heterocycles. The van der Waals surface area contributed by atoms with E-state index in [2.05, 4.69) is 26.6 Å². The van der Waals surface area contributed by atoms with Crippen molar-refractivity contribution >= 4 is 28.0 Å². The van der Waals surface area contributed by atoms with E-state index >= 15 is 4.39 Å². The molecule has 42 heavy (non-hydrogen) atoms. The Kier molecular flexibility index (Phi) is 9.58. The summed E-state index contributed by atoms with van der Waals surface area (Å²) in [7, 11) is 3.68. The second kappa shape index (κ2) is 13.5. The van der Waals surface area contributed by atoms with Gasteiger partial charge >= 0.3 is 0 Å². The van der Waals surface area contributed by atoms with E-state index in [0.717, 1.165) is 57.3 Å². The Morgan fingerprint density at radius 3 is 2.45 bits per heavy atom. The van der Waals surface area contributed by atoms with E-state index < -0.39 is 28.8 Å². The number of nitrogens with one attached hydrogen (secondary N) is 1. The number of fused-ring (bicyclic) bond motifs is 1. The minimum absolute atomic E-state index is 0.0880. The zero-order valence-corrected chi connectivity index (χ0v) is 24.1. The smallest absolute Gasteiger partial charge is 0.215 e. The Bertz CT molecular complexity index is 1540. The molecular weight excluding hydrogens is 569 g/mol. The van der Waals surface area contributed by atoms with Crippen molar-refractivity contribution < 1.29 is 31.9 Å². The normalized spacial score (nSPS) is 15.0. The fourth-order valence-electron chi connectivity index (χ4n) is 4.58. The van der Waals surface area contributed by atoms with Crippen LogP contribution in [0.3, 0.4) is 0 Å². The largest absolute Gasteiger partial charge is 0.588 e. The average molecular weight is 601 g/mol. The van der Waals surface area contributed by atoms with Crippen LogP contribution in [0.4, 0.5) is 18.9 Å². The molecule has 3 aromatic carbocycles. The molecule has 2 heterocycles. The van der Waals surface area contributed by atoms with E-state index in [0.29, 0.717) is 40.8 Å². The number of ether oxygens (including phenoxy) is 3. The second-order valence-electron chi connectivity index (χ2n) is 9.87. The maximum absolute atomic E-state index is 15.0. The van der Waals surface area contributed by atoms with E-state index in [1.54, 1.807) is 31.5 Å². The van der Waals surface area contributed by atoms with Gasteiger partial charge in [-0.1, -0.05) is 0 Å². The highest BCUT2D eigenvalue weighted by molar-refractivity contribution is 7.92. The lowest BCUT2D eigenvalue weighted by Gasteiger charge is -2.32. The summed E-state index contributed by atoms with van der Waals surface area (Å²) in [5, 5.41) is 0.591. The van der Waals surface area contributed by atoms with Gasteiger partial charge in [0.2, 0.25) is 4.90 Å². The van der Waals surface area contributed by atoms with Gasteiger partial charge in [0.05, 0.1) is 24.9 Å². The first-order valence-electron chi connectivity index (χ1n) is 13.4. The van der Waals surface area contributed by atoms with Crippen molar-refractivity contribution in [2.45, 2.75) is 11.3 Å². The molecule has 1 atom stereocenters. The molecule has 1 fully saturated rings. The molecule has 1 unspecified atom stereocenters. The number of aromatic nitrogens is 1. The van der Waals surface area contributed by atoms with Gasteiger partial charge in [-0.2, -0.15) is 0 Å². The van der Waals surface area contributed by atoms with Gasteiger partial charge < -0.3 is 28.6 Å². The molecule has 0 amide bonds. The van der Waals surface area contributed by atoms with Gasteiger partial charge in [-0.25, -0.2) is 17.9 Å². The number of halogens is 3. The topological polar surface area (TPSA) is 82.1 Å². The summed E-state index contributed by atoms with van der Waals surface area (Å²) < 4.78 is 74.6. The Morgan fingerprint density at radius 1 is 0.905 bits per heavy atom. The third-order valence-electron chi connectivity index (χ3n) is 6.92. The van der Waals surface area contributed by atoms with Crippen LogP contribution in [0.25, 0.3) is 10.9 Å². The number of benzene rings is 3. The molecule has 0 saturated carbocycles. The molecule has 1 aromatic heterocycles. The maximum atomic E-state index is 15.0. The predicted octanol–water partition coefficient (Wildman–Crippen LogP) is 5.60. The van der Waals surface area contributed by atoms with Crippen LogP contribution in [-0.2, 0) is 11.4 Å². The molecule has 0 bridgehead atoms. The number of likely N-dealkylation sites (N-methyl/N-ethyl adjacent to an activating group) is 1. The monoisotopic (exact) mass is 600 g/mol. The number of piperazine rings is 1. The third kappa shape index (κ3) is 7.19. The minimum Gasteiger partial charge on any atom is -0.588 e. The molecule has 0 aliphatic carbocycles. The van der Waals surface area contributed by atoms with Crippen LogP contribution in [0.5, 0.6) is 23.0 Å².